The van der Waals surface area contributed by atoms with Crippen molar-refractivity contribution in [3.05, 3.63) is 94.6 Å². The van der Waals surface area contributed by atoms with Crippen molar-refractivity contribution in [1.29, 1.82) is 10.5 Å². The summed E-state index contributed by atoms with van der Waals surface area (Å²) >= 11 is 3.31. The van der Waals surface area contributed by atoms with Crippen molar-refractivity contribution in [2.45, 2.75) is 18.4 Å². The molecule has 3 N–H and O–H groups in total. The quantitative estimate of drug-likeness (QED) is 0.155. The second-order valence-electron chi connectivity index (χ2n) is 7.80. The molecule has 0 spiro atoms. The first-order valence-electron chi connectivity index (χ1n) is 11.9. The van der Waals surface area contributed by atoms with E-state index in [0.717, 1.165) is 16.9 Å². The number of carboxylic acids is 1. The Balaban J connectivity index is -0.000000269. The number of ether oxygens (including phenoxy) is 5. The molecule has 1 heterocycles. The second kappa shape index (κ2) is 27.5. The maximum atomic E-state index is 11.4. The molecular formula is C30H30BaBrN2NaO11. The van der Waals surface area contributed by atoms with Gasteiger partial charge in [0.2, 0.25) is 0 Å². The number of cyclic esters (lactones) is 1. The van der Waals surface area contributed by atoms with E-state index in [0.29, 0.717) is 40.1 Å². The molecule has 3 aromatic carbocycles. The van der Waals surface area contributed by atoms with Crippen LogP contribution < -0.4 is 43.8 Å². The van der Waals surface area contributed by atoms with Gasteiger partial charge in [-0.3, -0.25) is 0 Å². The number of carbonyl (C=O) groups excluding carboxylic acids is 2. The zero-order chi connectivity index (χ0) is 31.7. The number of nitriles is 1. The number of methoxy groups -OCH3 is 4. The zero-order valence-electron chi connectivity index (χ0n) is 25.9. The van der Waals surface area contributed by atoms with Crippen molar-refractivity contribution in [1.82, 2.24) is 0 Å². The fraction of sp³-hybridized carbons (Fsp3) is 0.233. The van der Waals surface area contributed by atoms with Crippen LogP contribution in [0.3, 0.4) is 0 Å². The van der Waals surface area contributed by atoms with E-state index in [1.54, 1.807) is 50.6 Å². The van der Waals surface area contributed by atoms with Crippen LogP contribution in [0.5, 0.6) is 17.2 Å². The Hall–Kier alpha value is -2.58. The molecule has 13 nitrogen and oxygen atoms in total. The number of rotatable bonds is 7. The average molecular weight is 835 g/mol. The number of carbonyl (C=O) groups is 3. The van der Waals surface area contributed by atoms with E-state index in [-0.39, 0.29) is 113 Å². The summed E-state index contributed by atoms with van der Waals surface area (Å²) in [5.41, 5.74) is 3.35. The number of fused-ring (bicyclic) bond motifs is 1. The first kappa shape index (κ1) is 50.3. The molecule has 0 aliphatic carbocycles. The smallest absolute Gasteiger partial charge is 0.870 e. The number of esters is 2. The van der Waals surface area contributed by atoms with Gasteiger partial charge in [-0.2, -0.15) is 5.26 Å². The van der Waals surface area contributed by atoms with Crippen molar-refractivity contribution < 1.29 is 83.7 Å². The SMILES string of the molecule is COC(=O)c1cccc(OC)c1CBr.COc1cccc(C(=O)O)c1CC#N.COc1cccc2c1COC2=O.[Ba+2].[C-]#N.[Na+].[OH-].[OH-]. The maximum Gasteiger partial charge on any atom is 2.00 e. The van der Waals surface area contributed by atoms with E-state index < -0.39 is 5.97 Å². The number of hydrogen-bond acceptors (Lipinski definition) is 12. The van der Waals surface area contributed by atoms with E-state index in [1.165, 1.54) is 20.3 Å². The molecule has 0 saturated heterocycles. The largest absolute Gasteiger partial charge is 2.00 e. The molecule has 0 saturated carbocycles. The van der Waals surface area contributed by atoms with Gasteiger partial charge >= 0.3 is 96.3 Å². The van der Waals surface area contributed by atoms with Crippen LogP contribution in [-0.2, 0) is 27.8 Å². The van der Waals surface area contributed by atoms with Crippen molar-refractivity contribution in [3.63, 3.8) is 0 Å². The summed E-state index contributed by atoms with van der Waals surface area (Å²) in [7, 11) is 5.96. The van der Waals surface area contributed by atoms with Gasteiger partial charge in [-0.1, -0.05) is 34.1 Å². The molecule has 0 fully saturated rings. The molecule has 3 aromatic rings. The zero-order valence-corrected chi connectivity index (χ0v) is 33.9. The Morgan fingerprint density at radius 1 is 0.891 bits per heavy atom. The van der Waals surface area contributed by atoms with Crippen LogP contribution in [0.4, 0.5) is 0 Å². The van der Waals surface area contributed by atoms with E-state index in [2.05, 4.69) is 20.7 Å². The number of halogens is 1. The maximum absolute atomic E-state index is 11.4. The molecule has 0 atom stereocenters. The van der Waals surface area contributed by atoms with Gasteiger partial charge in [-0.25, -0.2) is 14.4 Å². The van der Waals surface area contributed by atoms with Crippen LogP contribution >= 0.6 is 15.9 Å². The van der Waals surface area contributed by atoms with Gasteiger partial charge in [0.05, 0.1) is 57.6 Å². The number of benzene rings is 3. The molecule has 1 aliphatic rings. The fourth-order valence-corrected chi connectivity index (χ4v) is 4.31. The van der Waals surface area contributed by atoms with E-state index in [9.17, 15) is 14.4 Å². The molecule has 4 rings (SSSR count). The minimum atomic E-state index is -1.05. The Bertz CT molecular complexity index is 1460. The number of hydrogen-bond donors (Lipinski definition) is 1. The predicted octanol–water partition coefficient (Wildman–Crippen LogP) is 1.57. The Morgan fingerprint density at radius 3 is 1.83 bits per heavy atom. The molecule has 16 heteroatoms. The standard InChI is InChI=1S/C10H11BrO3.C10H9NO3.C9H8O3.CN.Ba.Na.2H2O/c1-13-9-5-3-4-7(8(9)6-11)10(12)14-2;1-14-9-4-2-3-8(10(12)13)7(9)5-6-11;1-11-8-4-2-3-6-7(8)5-12-9(6)10;1-2;;;;/h3-5H,6H2,1-2H3;2-4H,5H2,1H3,(H,12,13);2-4H,5H2,1H3;;;;2*1H2/q;;;-1;+2;+1;;/p-2. The molecule has 46 heavy (non-hydrogen) atoms. The third-order valence-electron chi connectivity index (χ3n) is 5.65. The average Bonchev–Trinajstić information content (AvgIpc) is 3.42. The van der Waals surface area contributed by atoms with Crippen LogP contribution in [0.25, 0.3) is 0 Å². The summed E-state index contributed by atoms with van der Waals surface area (Å²) in [6.07, 6.45) is 0.0334. The minimum Gasteiger partial charge on any atom is -0.870 e. The number of aromatic carboxylic acids is 1. The summed E-state index contributed by atoms with van der Waals surface area (Å²) < 4.78 is 24.7. The molecule has 0 radical (unpaired) electrons. The Morgan fingerprint density at radius 2 is 1.37 bits per heavy atom. The van der Waals surface area contributed by atoms with Gasteiger partial charge in [-0.05, 0) is 36.4 Å². The Kier molecular flexibility index (Phi) is 30.1. The topological polar surface area (TPSA) is 225 Å². The van der Waals surface area contributed by atoms with Crippen LogP contribution in [-0.4, -0.2) is 111 Å². The molecular weight excluding hydrogens is 805 g/mol. The summed E-state index contributed by atoms with van der Waals surface area (Å²) in [4.78, 5) is 33.2. The van der Waals surface area contributed by atoms with Gasteiger partial charge in [-0.15, -0.1) is 0 Å². The summed E-state index contributed by atoms with van der Waals surface area (Å²) in [5, 5.41) is 24.2. The van der Waals surface area contributed by atoms with Gasteiger partial charge in [0.1, 0.15) is 23.9 Å². The normalized spacial score (nSPS) is 9.39. The molecule has 0 amide bonds. The number of alkyl halides is 1. The van der Waals surface area contributed by atoms with Gasteiger partial charge in [0.25, 0.3) is 0 Å². The molecule has 1 aliphatic heterocycles. The molecule has 0 unspecified atom stereocenters. The Labute approximate surface area is 337 Å². The monoisotopic (exact) mass is 834 g/mol. The minimum absolute atomic E-state index is 0. The summed E-state index contributed by atoms with van der Waals surface area (Å²) in [6.45, 7) is 5.08. The predicted molar refractivity (Wildman–Crippen MR) is 163 cm³/mol. The summed E-state index contributed by atoms with van der Waals surface area (Å²) in [6, 6.07) is 17.2. The summed E-state index contributed by atoms with van der Waals surface area (Å²) in [5.74, 6) is 0.186. The second-order valence-corrected chi connectivity index (χ2v) is 8.36. The number of nitrogens with zero attached hydrogens (tertiary/aromatic N) is 2. The van der Waals surface area contributed by atoms with Crippen LogP contribution in [0, 0.1) is 23.2 Å². The van der Waals surface area contributed by atoms with Crippen molar-refractivity contribution >= 4 is 82.7 Å². The van der Waals surface area contributed by atoms with E-state index >= 15 is 0 Å². The van der Waals surface area contributed by atoms with Crippen molar-refractivity contribution in [3.8, 4) is 23.3 Å². The van der Waals surface area contributed by atoms with Crippen LogP contribution in [0.1, 0.15) is 47.8 Å². The fourth-order valence-electron chi connectivity index (χ4n) is 3.73. The van der Waals surface area contributed by atoms with E-state index in [4.69, 9.17) is 41.1 Å². The number of carboxylic acid groups (broad SMARTS) is 1. The van der Waals surface area contributed by atoms with Crippen molar-refractivity contribution in [2.24, 2.45) is 0 Å². The molecule has 0 bridgehead atoms. The van der Waals surface area contributed by atoms with Crippen molar-refractivity contribution in [2.75, 3.05) is 28.4 Å². The van der Waals surface area contributed by atoms with Gasteiger partial charge in [0.15, 0.2) is 0 Å². The third kappa shape index (κ3) is 14.0. The molecule has 0 aromatic heterocycles. The first-order valence-corrected chi connectivity index (χ1v) is 13.0. The van der Waals surface area contributed by atoms with Gasteiger partial charge in [0, 0.05) is 22.0 Å². The first-order chi connectivity index (χ1) is 20.3. The molecule has 236 valence electrons. The van der Waals surface area contributed by atoms with Gasteiger partial charge < -0.3 is 51.6 Å². The van der Waals surface area contributed by atoms with E-state index in [1.807, 2.05) is 18.2 Å². The third-order valence-corrected chi connectivity index (χ3v) is 6.21. The van der Waals surface area contributed by atoms with Crippen LogP contribution in [0.15, 0.2) is 54.6 Å². The van der Waals surface area contributed by atoms with Crippen LogP contribution in [0.2, 0.25) is 0 Å².